The highest BCUT2D eigenvalue weighted by molar-refractivity contribution is 8.02. The summed E-state index contributed by atoms with van der Waals surface area (Å²) >= 11 is 4.88. The van der Waals surface area contributed by atoms with Crippen molar-refractivity contribution in [1.29, 1.82) is 0 Å². The van der Waals surface area contributed by atoms with Crippen molar-refractivity contribution in [3.05, 3.63) is 46.7 Å². The van der Waals surface area contributed by atoms with Gasteiger partial charge >= 0.3 is 0 Å². The Bertz CT molecular complexity index is 719. The van der Waals surface area contributed by atoms with Gasteiger partial charge in [0, 0.05) is 11.4 Å². The second-order valence-corrected chi connectivity index (χ2v) is 8.48. The monoisotopic (exact) mass is 348 g/mol. The molecule has 3 nitrogen and oxygen atoms in total. The van der Waals surface area contributed by atoms with E-state index in [1.54, 1.807) is 22.7 Å². The van der Waals surface area contributed by atoms with Crippen LogP contribution in [-0.2, 0) is 11.2 Å². The SMILES string of the molecule is CC(Sc1nc2ccccc2s1)C(=O)NCCc1cccs1. The lowest BCUT2D eigenvalue weighted by Gasteiger charge is -2.09. The summed E-state index contributed by atoms with van der Waals surface area (Å²) in [7, 11) is 0. The van der Waals surface area contributed by atoms with E-state index in [-0.39, 0.29) is 11.2 Å². The van der Waals surface area contributed by atoms with Crippen LogP contribution in [0.4, 0.5) is 0 Å². The molecule has 1 N–H and O–H groups in total. The third-order valence-corrected chi connectivity index (χ3v) is 6.34. The molecule has 0 aliphatic carbocycles. The second-order valence-electron chi connectivity index (χ2n) is 4.83. The Balaban J connectivity index is 1.52. The van der Waals surface area contributed by atoms with Crippen molar-refractivity contribution in [2.45, 2.75) is 22.9 Å². The molecule has 1 aromatic carbocycles. The lowest BCUT2D eigenvalue weighted by atomic mass is 10.3. The zero-order valence-corrected chi connectivity index (χ0v) is 14.6. The highest BCUT2D eigenvalue weighted by Gasteiger charge is 2.16. The first-order valence-electron chi connectivity index (χ1n) is 7.05. The number of thioether (sulfide) groups is 1. The summed E-state index contributed by atoms with van der Waals surface area (Å²) in [4.78, 5) is 18.0. The van der Waals surface area contributed by atoms with E-state index in [9.17, 15) is 4.79 Å². The Labute approximate surface area is 141 Å². The highest BCUT2D eigenvalue weighted by atomic mass is 32.2. The van der Waals surface area contributed by atoms with Gasteiger partial charge in [0.2, 0.25) is 5.91 Å². The van der Waals surface area contributed by atoms with Crippen LogP contribution in [0.3, 0.4) is 0 Å². The maximum Gasteiger partial charge on any atom is 0.233 e. The number of carbonyl (C=O) groups is 1. The molecule has 2 heterocycles. The number of carbonyl (C=O) groups excluding carboxylic acids is 1. The van der Waals surface area contributed by atoms with Gasteiger partial charge in [-0.15, -0.1) is 22.7 Å². The minimum atomic E-state index is -0.135. The third-order valence-electron chi connectivity index (χ3n) is 3.17. The number of hydrogen-bond donors (Lipinski definition) is 1. The van der Waals surface area contributed by atoms with Crippen LogP contribution < -0.4 is 5.32 Å². The quantitative estimate of drug-likeness (QED) is 0.679. The maximum atomic E-state index is 12.1. The Morgan fingerprint density at radius 1 is 1.32 bits per heavy atom. The van der Waals surface area contributed by atoms with Crippen LogP contribution in [0.5, 0.6) is 0 Å². The first-order chi connectivity index (χ1) is 10.7. The van der Waals surface area contributed by atoms with E-state index in [4.69, 9.17) is 0 Å². The highest BCUT2D eigenvalue weighted by Crippen LogP contribution is 2.31. The topological polar surface area (TPSA) is 42.0 Å². The molecule has 2 aromatic heterocycles. The maximum absolute atomic E-state index is 12.1. The van der Waals surface area contributed by atoms with Crippen molar-refractivity contribution >= 4 is 50.6 Å². The number of nitrogens with zero attached hydrogens (tertiary/aromatic N) is 1. The molecule has 114 valence electrons. The van der Waals surface area contributed by atoms with Crippen LogP contribution >= 0.6 is 34.4 Å². The molecule has 0 bridgehead atoms. The molecule has 0 fully saturated rings. The van der Waals surface area contributed by atoms with Gasteiger partial charge < -0.3 is 5.32 Å². The summed E-state index contributed by atoms with van der Waals surface area (Å²) in [5, 5.41) is 4.92. The van der Waals surface area contributed by atoms with Crippen LogP contribution in [0.25, 0.3) is 10.2 Å². The number of aromatic nitrogens is 1. The number of para-hydroxylation sites is 1. The van der Waals surface area contributed by atoms with Gasteiger partial charge in [0.15, 0.2) is 4.34 Å². The molecule has 3 rings (SSSR count). The van der Waals surface area contributed by atoms with Gasteiger partial charge in [-0.25, -0.2) is 4.98 Å². The van der Waals surface area contributed by atoms with Gasteiger partial charge in [0.25, 0.3) is 0 Å². The van der Waals surface area contributed by atoms with E-state index in [1.165, 1.54) is 16.6 Å². The number of hydrogen-bond acceptors (Lipinski definition) is 5. The molecule has 22 heavy (non-hydrogen) atoms. The molecule has 0 aliphatic rings. The predicted octanol–water partition coefficient (Wildman–Crippen LogP) is 4.20. The van der Waals surface area contributed by atoms with E-state index < -0.39 is 0 Å². The standard InChI is InChI=1S/C16H16N2OS3/c1-11(15(19)17-9-8-12-5-4-10-20-12)21-16-18-13-6-2-3-7-14(13)22-16/h2-7,10-11H,8-9H2,1H3,(H,17,19). The zero-order chi connectivity index (χ0) is 15.4. The first-order valence-corrected chi connectivity index (χ1v) is 9.62. The Kier molecular flexibility index (Phi) is 5.12. The molecular formula is C16H16N2OS3. The summed E-state index contributed by atoms with van der Waals surface area (Å²) in [6.07, 6.45) is 0.891. The van der Waals surface area contributed by atoms with Crippen LogP contribution in [-0.4, -0.2) is 22.7 Å². The fraction of sp³-hybridized carbons (Fsp3) is 0.250. The van der Waals surface area contributed by atoms with Gasteiger partial charge in [-0.1, -0.05) is 30.0 Å². The Morgan fingerprint density at radius 2 is 2.18 bits per heavy atom. The molecule has 0 aliphatic heterocycles. The molecule has 0 spiro atoms. The van der Waals surface area contributed by atoms with Crippen molar-refractivity contribution in [1.82, 2.24) is 10.3 Å². The second kappa shape index (κ2) is 7.26. The van der Waals surface area contributed by atoms with Crippen molar-refractivity contribution in [3.8, 4) is 0 Å². The molecule has 1 atom stereocenters. The summed E-state index contributed by atoms with van der Waals surface area (Å²) in [6.45, 7) is 2.61. The summed E-state index contributed by atoms with van der Waals surface area (Å²) in [6, 6.07) is 12.2. The normalized spacial score (nSPS) is 12.4. The number of rotatable bonds is 6. The average Bonchev–Trinajstić information content (AvgIpc) is 3.15. The van der Waals surface area contributed by atoms with Gasteiger partial charge in [-0.2, -0.15) is 0 Å². The summed E-state index contributed by atoms with van der Waals surface area (Å²) in [5.74, 6) is 0.0702. The molecule has 1 amide bonds. The Hall–Kier alpha value is -1.37. The summed E-state index contributed by atoms with van der Waals surface area (Å²) < 4.78 is 2.11. The minimum absolute atomic E-state index is 0.0702. The van der Waals surface area contributed by atoms with Crippen LogP contribution in [0.15, 0.2) is 46.1 Å². The predicted molar refractivity (Wildman–Crippen MR) is 96.0 cm³/mol. The molecular weight excluding hydrogens is 332 g/mol. The van der Waals surface area contributed by atoms with Gasteiger partial charge in [-0.3, -0.25) is 4.79 Å². The lowest BCUT2D eigenvalue weighted by molar-refractivity contribution is -0.120. The van der Waals surface area contributed by atoms with Crippen molar-refractivity contribution < 1.29 is 4.79 Å². The van der Waals surface area contributed by atoms with Gasteiger partial charge in [-0.05, 0) is 36.9 Å². The molecule has 6 heteroatoms. The number of benzene rings is 1. The number of thiophene rings is 1. The van der Waals surface area contributed by atoms with E-state index in [2.05, 4.69) is 27.8 Å². The molecule has 3 aromatic rings. The number of nitrogens with one attached hydrogen (secondary N) is 1. The van der Waals surface area contributed by atoms with E-state index in [1.807, 2.05) is 31.2 Å². The van der Waals surface area contributed by atoms with Crippen molar-refractivity contribution in [3.63, 3.8) is 0 Å². The number of thiazole rings is 1. The average molecular weight is 349 g/mol. The fourth-order valence-electron chi connectivity index (χ4n) is 2.01. The van der Waals surface area contributed by atoms with Crippen LogP contribution in [0.1, 0.15) is 11.8 Å². The van der Waals surface area contributed by atoms with Crippen LogP contribution in [0.2, 0.25) is 0 Å². The number of fused-ring (bicyclic) bond motifs is 1. The van der Waals surface area contributed by atoms with E-state index >= 15 is 0 Å². The molecule has 0 radical (unpaired) electrons. The first kappa shape index (κ1) is 15.5. The van der Waals surface area contributed by atoms with Crippen molar-refractivity contribution in [2.24, 2.45) is 0 Å². The minimum Gasteiger partial charge on any atom is -0.355 e. The lowest BCUT2D eigenvalue weighted by Crippen LogP contribution is -2.32. The Morgan fingerprint density at radius 3 is 2.95 bits per heavy atom. The fourth-order valence-corrected chi connectivity index (χ4v) is 4.96. The zero-order valence-electron chi connectivity index (χ0n) is 12.1. The van der Waals surface area contributed by atoms with E-state index in [0.29, 0.717) is 6.54 Å². The molecule has 0 saturated heterocycles. The molecule has 0 saturated carbocycles. The third kappa shape index (κ3) is 3.88. The smallest absolute Gasteiger partial charge is 0.233 e. The van der Waals surface area contributed by atoms with Gasteiger partial charge in [0.05, 0.1) is 15.5 Å². The van der Waals surface area contributed by atoms with E-state index in [0.717, 1.165) is 21.0 Å². The number of amides is 1. The van der Waals surface area contributed by atoms with Crippen molar-refractivity contribution in [2.75, 3.05) is 6.54 Å². The molecule has 1 unspecified atom stereocenters. The largest absolute Gasteiger partial charge is 0.355 e. The van der Waals surface area contributed by atoms with Crippen LogP contribution in [0, 0.1) is 0 Å². The summed E-state index contributed by atoms with van der Waals surface area (Å²) in [5.41, 5.74) is 1.00. The van der Waals surface area contributed by atoms with Gasteiger partial charge in [0.1, 0.15) is 0 Å².